The number of carbonyl (C=O) groups excluding carboxylic acids is 1. The Balaban J connectivity index is 1.60. The van der Waals surface area contributed by atoms with E-state index in [0.717, 1.165) is 11.1 Å². The number of nitrogens with one attached hydrogen (secondary N) is 1. The van der Waals surface area contributed by atoms with E-state index in [4.69, 9.17) is 4.74 Å². The lowest BCUT2D eigenvalue weighted by Gasteiger charge is -2.19. The summed E-state index contributed by atoms with van der Waals surface area (Å²) >= 11 is 1.20. The zero-order valence-corrected chi connectivity index (χ0v) is 19.1. The van der Waals surface area contributed by atoms with Gasteiger partial charge in [0.05, 0.1) is 35.8 Å². The number of methoxy groups -OCH3 is 1. The summed E-state index contributed by atoms with van der Waals surface area (Å²) in [5.74, 6) is -0.814. The van der Waals surface area contributed by atoms with E-state index in [1.807, 2.05) is 18.2 Å². The smallest absolute Gasteiger partial charge is 0.252 e. The summed E-state index contributed by atoms with van der Waals surface area (Å²) in [6, 6.07) is 16.9. The molecule has 0 fully saturated rings. The van der Waals surface area contributed by atoms with Gasteiger partial charge in [-0.3, -0.25) is 4.79 Å². The van der Waals surface area contributed by atoms with Crippen LogP contribution in [0.3, 0.4) is 0 Å². The number of thiazole rings is 1. The first kappa shape index (κ1) is 23.5. The highest BCUT2D eigenvalue weighted by Crippen LogP contribution is 2.35. The van der Waals surface area contributed by atoms with Gasteiger partial charge in [-0.25, -0.2) is 13.8 Å². The molecule has 1 atom stereocenters. The Kier molecular flexibility index (Phi) is 7.30. The number of ether oxygens (including phenoxy) is 1. The van der Waals surface area contributed by atoms with Crippen molar-refractivity contribution < 1.29 is 23.4 Å². The van der Waals surface area contributed by atoms with Crippen molar-refractivity contribution >= 4 is 17.2 Å². The molecule has 174 valence electrons. The van der Waals surface area contributed by atoms with Gasteiger partial charge in [-0.15, -0.1) is 11.3 Å². The standard InChI is InChI=1S/C26H22F2N2O3S/c1-33-22-8-3-2-5-17(22)13-19(15-31)30-25(32)20-6-4-7-21(28)24(20)26-29-14-23(34-26)16-9-11-18(27)12-10-16/h2-12,14,19,31H,13,15H2,1H3,(H,30,32)/t19-/m1/s1. The van der Waals surface area contributed by atoms with Gasteiger partial charge in [-0.1, -0.05) is 36.4 Å². The number of para-hydroxylation sites is 1. The van der Waals surface area contributed by atoms with E-state index in [9.17, 15) is 18.7 Å². The quantitative estimate of drug-likeness (QED) is 0.368. The molecule has 0 aliphatic carbocycles. The van der Waals surface area contributed by atoms with Gasteiger partial charge in [-0.2, -0.15) is 0 Å². The third-order valence-electron chi connectivity index (χ3n) is 5.32. The molecule has 1 amide bonds. The van der Waals surface area contributed by atoms with E-state index in [-0.39, 0.29) is 23.6 Å². The second-order valence-corrected chi connectivity index (χ2v) is 8.60. The first-order valence-corrected chi connectivity index (χ1v) is 11.4. The van der Waals surface area contributed by atoms with Crippen LogP contribution in [0.2, 0.25) is 0 Å². The number of carbonyl (C=O) groups is 1. The van der Waals surface area contributed by atoms with Crippen molar-refractivity contribution in [1.29, 1.82) is 0 Å². The molecule has 8 heteroatoms. The average molecular weight is 481 g/mol. The van der Waals surface area contributed by atoms with Crippen molar-refractivity contribution in [2.75, 3.05) is 13.7 Å². The third-order valence-corrected chi connectivity index (χ3v) is 6.38. The van der Waals surface area contributed by atoms with Crippen LogP contribution in [0, 0.1) is 11.6 Å². The highest BCUT2D eigenvalue weighted by molar-refractivity contribution is 7.18. The third kappa shape index (κ3) is 5.13. The summed E-state index contributed by atoms with van der Waals surface area (Å²) in [6.07, 6.45) is 1.91. The molecule has 0 unspecified atom stereocenters. The fraction of sp³-hybridized carbons (Fsp3) is 0.154. The largest absolute Gasteiger partial charge is 0.496 e. The van der Waals surface area contributed by atoms with Crippen LogP contribution in [-0.2, 0) is 6.42 Å². The molecule has 4 aromatic rings. The van der Waals surface area contributed by atoms with Crippen molar-refractivity contribution in [3.63, 3.8) is 0 Å². The van der Waals surface area contributed by atoms with Crippen molar-refractivity contribution in [3.05, 3.63) is 95.7 Å². The van der Waals surface area contributed by atoms with Gasteiger partial charge in [0.1, 0.15) is 22.4 Å². The predicted octanol–water partition coefficient (Wildman–Crippen LogP) is 5.10. The molecule has 0 radical (unpaired) electrons. The van der Waals surface area contributed by atoms with Crippen LogP contribution >= 0.6 is 11.3 Å². The summed E-state index contributed by atoms with van der Waals surface area (Å²) in [5.41, 5.74) is 1.75. The SMILES string of the molecule is COc1ccccc1C[C@H](CO)NC(=O)c1cccc(F)c1-c1ncc(-c2ccc(F)cc2)s1. The monoisotopic (exact) mass is 480 g/mol. The van der Waals surface area contributed by atoms with Gasteiger partial charge in [0, 0.05) is 6.20 Å². The summed E-state index contributed by atoms with van der Waals surface area (Å²) < 4.78 is 33.5. The average Bonchev–Trinajstić information content (AvgIpc) is 3.33. The summed E-state index contributed by atoms with van der Waals surface area (Å²) in [4.78, 5) is 18.2. The second kappa shape index (κ2) is 10.5. The first-order valence-electron chi connectivity index (χ1n) is 10.5. The number of benzene rings is 3. The zero-order chi connectivity index (χ0) is 24.1. The maximum absolute atomic E-state index is 14.9. The molecule has 3 aromatic carbocycles. The lowest BCUT2D eigenvalue weighted by Crippen LogP contribution is -2.39. The fourth-order valence-electron chi connectivity index (χ4n) is 3.63. The van der Waals surface area contributed by atoms with Crippen LogP contribution in [0.25, 0.3) is 21.0 Å². The fourth-order valence-corrected chi connectivity index (χ4v) is 4.61. The molecule has 0 aliphatic heterocycles. The number of halogens is 2. The highest BCUT2D eigenvalue weighted by atomic mass is 32.1. The molecule has 34 heavy (non-hydrogen) atoms. The van der Waals surface area contributed by atoms with Crippen molar-refractivity contribution in [3.8, 4) is 26.8 Å². The van der Waals surface area contributed by atoms with E-state index in [2.05, 4.69) is 10.3 Å². The Morgan fingerprint density at radius 2 is 1.85 bits per heavy atom. The van der Waals surface area contributed by atoms with E-state index < -0.39 is 17.8 Å². The van der Waals surface area contributed by atoms with Crippen molar-refractivity contribution in [1.82, 2.24) is 10.3 Å². The van der Waals surface area contributed by atoms with Crippen molar-refractivity contribution in [2.24, 2.45) is 0 Å². The minimum Gasteiger partial charge on any atom is -0.496 e. The Bertz CT molecular complexity index is 1290. The molecule has 0 saturated carbocycles. The molecule has 1 aromatic heterocycles. The van der Waals surface area contributed by atoms with Crippen LogP contribution in [0.4, 0.5) is 8.78 Å². The Morgan fingerprint density at radius 1 is 1.09 bits per heavy atom. The molecule has 5 nitrogen and oxygen atoms in total. The molecule has 0 bridgehead atoms. The van der Waals surface area contributed by atoms with Gasteiger partial charge >= 0.3 is 0 Å². The van der Waals surface area contributed by atoms with Gasteiger partial charge in [-0.05, 0) is 47.9 Å². The van der Waals surface area contributed by atoms with Crippen LogP contribution in [-0.4, -0.2) is 35.8 Å². The maximum atomic E-state index is 14.9. The topological polar surface area (TPSA) is 71.5 Å². The maximum Gasteiger partial charge on any atom is 0.252 e. The lowest BCUT2D eigenvalue weighted by atomic mass is 10.0. The van der Waals surface area contributed by atoms with Gasteiger partial charge in [0.15, 0.2) is 0 Å². The van der Waals surface area contributed by atoms with E-state index in [0.29, 0.717) is 22.1 Å². The summed E-state index contributed by atoms with van der Waals surface area (Å²) in [5, 5.41) is 13.0. The normalized spacial score (nSPS) is 11.8. The van der Waals surface area contributed by atoms with Crippen molar-refractivity contribution in [2.45, 2.75) is 12.5 Å². The molecular formula is C26H22F2N2O3S. The highest BCUT2D eigenvalue weighted by Gasteiger charge is 2.22. The number of hydrogen-bond acceptors (Lipinski definition) is 5. The Morgan fingerprint density at radius 3 is 2.59 bits per heavy atom. The number of hydrogen-bond donors (Lipinski definition) is 2. The number of nitrogens with zero attached hydrogens (tertiary/aromatic N) is 1. The first-order chi connectivity index (χ1) is 16.5. The zero-order valence-electron chi connectivity index (χ0n) is 18.3. The molecule has 0 saturated heterocycles. The number of amides is 1. The minimum atomic E-state index is -0.606. The van der Waals surface area contributed by atoms with Crippen LogP contribution < -0.4 is 10.1 Å². The Labute approximate surface area is 199 Å². The van der Waals surface area contributed by atoms with E-state index >= 15 is 0 Å². The molecule has 0 spiro atoms. The summed E-state index contributed by atoms with van der Waals surface area (Å²) in [6.45, 7) is -0.305. The van der Waals surface area contributed by atoms with E-state index in [1.165, 1.54) is 41.7 Å². The number of aliphatic hydroxyl groups is 1. The minimum absolute atomic E-state index is 0.0762. The molecule has 2 N–H and O–H groups in total. The molecule has 0 aliphatic rings. The van der Waals surface area contributed by atoms with Gasteiger partial charge < -0.3 is 15.2 Å². The lowest BCUT2D eigenvalue weighted by molar-refractivity contribution is 0.0916. The van der Waals surface area contributed by atoms with E-state index in [1.54, 1.807) is 31.5 Å². The van der Waals surface area contributed by atoms with Crippen LogP contribution in [0.15, 0.2) is 72.9 Å². The molecule has 4 rings (SSSR count). The Hall–Kier alpha value is -3.62. The van der Waals surface area contributed by atoms with Gasteiger partial charge in [0.2, 0.25) is 0 Å². The summed E-state index contributed by atoms with van der Waals surface area (Å²) in [7, 11) is 1.55. The van der Waals surface area contributed by atoms with Crippen LogP contribution in [0.1, 0.15) is 15.9 Å². The van der Waals surface area contributed by atoms with Gasteiger partial charge in [0.25, 0.3) is 5.91 Å². The number of aliphatic hydroxyl groups excluding tert-OH is 1. The van der Waals surface area contributed by atoms with Crippen LogP contribution in [0.5, 0.6) is 5.75 Å². The number of rotatable bonds is 8. The molecule has 1 heterocycles. The molecular weight excluding hydrogens is 458 g/mol. The second-order valence-electron chi connectivity index (χ2n) is 7.57. The predicted molar refractivity (Wildman–Crippen MR) is 128 cm³/mol. The number of aromatic nitrogens is 1.